The summed E-state index contributed by atoms with van der Waals surface area (Å²) >= 11 is 0. The van der Waals surface area contributed by atoms with Gasteiger partial charge in [0.25, 0.3) is 0 Å². The van der Waals surface area contributed by atoms with Crippen molar-refractivity contribution in [1.82, 2.24) is 19.9 Å². The van der Waals surface area contributed by atoms with Crippen molar-refractivity contribution in [3.05, 3.63) is 107 Å². The number of hydrogen-bond donors (Lipinski definition) is 3. The van der Waals surface area contributed by atoms with Gasteiger partial charge < -0.3 is 15.7 Å². The van der Waals surface area contributed by atoms with Crippen LogP contribution >= 0.6 is 0 Å². The number of H-pyrrole nitrogens is 2. The molecule has 0 unspecified atom stereocenters. The number of nitrogens with one attached hydrogen (secondary N) is 2. The van der Waals surface area contributed by atoms with Crippen LogP contribution in [0.5, 0.6) is 0 Å². The second-order valence-electron chi connectivity index (χ2n) is 8.03. The Morgan fingerprint density at radius 2 is 1.21 bits per heavy atom. The van der Waals surface area contributed by atoms with Gasteiger partial charge in [0, 0.05) is 33.2 Å². The third-order valence-corrected chi connectivity index (χ3v) is 5.65. The number of amides is 1. The van der Waals surface area contributed by atoms with Gasteiger partial charge in [0.2, 0.25) is 5.91 Å². The third-order valence-electron chi connectivity index (χ3n) is 5.65. The molecule has 4 aromatic rings. The minimum absolute atomic E-state index is 0.443. The monoisotopic (exact) mass is 429 g/mol. The molecule has 33 heavy (non-hydrogen) atoms. The number of carbonyl (C=O) groups excluding carboxylic acids is 1. The standard InChI is InChI=1S/C27H19N5O/c28-27(33)17-3-1-16(2-4-17)25-14-24-13-22-8-7-20(30-22)11-18-5-6-19(29-18)12-21-9-10-23(31-21)15-26(25)32-24/h1-15,30-31H,(H2,28,33). The summed E-state index contributed by atoms with van der Waals surface area (Å²) in [6, 6.07) is 23.4. The summed E-state index contributed by atoms with van der Waals surface area (Å²) in [4.78, 5) is 27.8. The van der Waals surface area contributed by atoms with Crippen LogP contribution in [0.25, 0.3) is 45.9 Å². The van der Waals surface area contributed by atoms with E-state index in [4.69, 9.17) is 10.7 Å². The Morgan fingerprint density at radius 3 is 1.79 bits per heavy atom. The van der Waals surface area contributed by atoms with Gasteiger partial charge in [0.15, 0.2) is 0 Å². The second-order valence-corrected chi connectivity index (χ2v) is 8.03. The molecule has 0 saturated heterocycles. The summed E-state index contributed by atoms with van der Waals surface area (Å²) in [7, 11) is 0. The van der Waals surface area contributed by atoms with Crippen molar-refractivity contribution in [2.75, 3.05) is 0 Å². The number of rotatable bonds is 2. The van der Waals surface area contributed by atoms with Crippen LogP contribution in [0, 0.1) is 0 Å². The van der Waals surface area contributed by atoms with Gasteiger partial charge in [-0.1, -0.05) is 12.1 Å². The molecule has 0 spiro atoms. The molecule has 4 N–H and O–H groups in total. The summed E-state index contributed by atoms with van der Waals surface area (Å²) in [6.45, 7) is 0. The number of fused-ring (bicyclic) bond motifs is 8. The highest BCUT2D eigenvalue weighted by Gasteiger charge is 2.13. The number of hydrogen-bond acceptors (Lipinski definition) is 3. The van der Waals surface area contributed by atoms with Crippen molar-refractivity contribution >= 4 is 51.8 Å². The minimum atomic E-state index is -0.443. The lowest BCUT2D eigenvalue weighted by atomic mass is 10.0. The topological polar surface area (TPSA) is 100 Å². The normalized spacial score (nSPS) is 12.5. The maximum atomic E-state index is 11.5. The van der Waals surface area contributed by atoms with Crippen molar-refractivity contribution in [3.63, 3.8) is 0 Å². The van der Waals surface area contributed by atoms with E-state index in [-0.39, 0.29) is 0 Å². The van der Waals surface area contributed by atoms with E-state index in [1.54, 1.807) is 12.1 Å². The maximum Gasteiger partial charge on any atom is 0.248 e. The van der Waals surface area contributed by atoms with Crippen LogP contribution < -0.4 is 5.73 Å². The van der Waals surface area contributed by atoms with Gasteiger partial charge >= 0.3 is 0 Å². The van der Waals surface area contributed by atoms with Gasteiger partial charge in [-0.15, -0.1) is 0 Å². The van der Waals surface area contributed by atoms with E-state index >= 15 is 0 Å². The van der Waals surface area contributed by atoms with Crippen LogP contribution in [-0.4, -0.2) is 25.8 Å². The largest absolute Gasteiger partial charge is 0.366 e. The van der Waals surface area contributed by atoms with E-state index < -0.39 is 5.91 Å². The molecule has 0 saturated carbocycles. The van der Waals surface area contributed by atoms with Crippen molar-refractivity contribution in [3.8, 4) is 0 Å². The molecule has 0 radical (unpaired) electrons. The Labute approximate surface area is 189 Å². The Morgan fingerprint density at radius 1 is 0.667 bits per heavy atom. The van der Waals surface area contributed by atoms with E-state index in [0.29, 0.717) is 5.56 Å². The van der Waals surface area contributed by atoms with Gasteiger partial charge in [-0.25, -0.2) is 9.97 Å². The van der Waals surface area contributed by atoms with E-state index in [2.05, 4.69) is 15.0 Å². The first-order valence-corrected chi connectivity index (χ1v) is 10.6. The predicted molar refractivity (Wildman–Crippen MR) is 132 cm³/mol. The Bertz CT molecular complexity index is 1630. The molecule has 6 nitrogen and oxygen atoms in total. The number of primary amides is 1. The summed E-state index contributed by atoms with van der Waals surface area (Å²) < 4.78 is 0. The molecule has 1 amide bonds. The highest BCUT2D eigenvalue weighted by atomic mass is 16.1. The molecule has 0 aliphatic carbocycles. The Hall–Kier alpha value is -4.71. The van der Waals surface area contributed by atoms with Crippen LogP contribution in [0.15, 0.2) is 72.8 Å². The quantitative estimate of drug-likeness (QED) is 0.354. The average molecular weight is 429 g/mol. The molecule has 1 aromatic carbocycles. The number of benzene rings is 1. The lowest BCUT2D eigenvalue weighted by molar-refractivity contribution is 0.100. The van der Waals surface area contributed by atoms with Gasteiger partial charge in [-0.05, 0) is 84.5 Å². The van der Waals surface area contributed by atoms with Gasteiger partial charge in [0.05, 0.1) is 22.8 Å². The lowest BCUT2D eigenvalue weighted by Gasteiger charge is -2.03. The highest BCUT2D eigenvalue weighted by molar-refractivity contribution is 5.96. The zero-order valence-corrected chi connectivity index (χ0v) is 17.5. The second kappa shape index (κ2) is 7.46. The lowest BCUT2D eigenvalue weighted by Crippen LogP contribution is -2.10. The summed E-state index contributed by atoms with van der Waals surface area (Å²) in [5.74, 6) is -0.443. The van der Waals surface area contributed by atoms with Crippen LogP contribution in [0.2, 0.25) is 0 Å². The van der Waals surface area contributed by atoms with Crippen molar-refractivity contribution < 1.29 is 4.79 Å². The van der Waals surface area contributed by atoms with Crippen molar-refractivity contribution in [1.29, 1.82) is 0 Å². The van der Waals surface area contributed by atoms with Crippen LogP contribution in [0.1, 0.15) is 38.7 Å². The van der Waals surface area contributed by atoms with E-state index in [0.717, 1.165) is 56.0 Å². The smallest absolute Gasteiger partial charge is 0.248 e. The molecular formula is C27H19N5O. The van der Waals surface area contributed by atoms with Crippen LogP contribution in [0.3, 0.4) is 0 Å². The van der Waals surface area contributed by atoms with Gasteiger partial charge in [0.1, 0.15) is 0 Å². The van der Waals surface area contributed by atoms with Gasteiger partial charge in [-0.2, -0.15) is 0 Å². The summed E-state index contributed by atoms with van der Waals surface area (Å²) in [5, 5.41) is 0. The predicted octanol–water partition coefficient (Wildman–Crippen LogP) is 5.17. The first kappa shape index (κ1) is 19.0. The highest BCUT2D eigenvalue weighted by Crippen LogP contribution is 2.29. The molecule has 0 atom stereocenters. The number of nitrogens with two attached hydrogens (primary N) is 1. The fourth-order valence-electron chi connectivity index (χ4n) is 4.06. The number of aromatic nitrogens is 4. The molecule has 0 fully saturated rings. The maximum absolute atomic E-state index is 11.5. The fraction of sp³-hybridized carbons (Fsp3) is 0. The molecule has 6 heteroatoms. The molecule has 2 aliphatic heterocycles. The first-order valence-electron chi connectivity index (χ1n) is 10.6. The molecular weight excluding hydrogens is 410 g/mol. The molecule has 5 heterocycles. The minimum Gasteiger partial charge on any atom is -0.366 e. The Kier molecular flexibility index (Phi) is 4.30. The average Bonchev–Trinajstić information content (AvgIpc) is 3.59. The van der Waals surface area contributed by atoms with Crippen molar-refractivity contribution in [2.45, 2.75) is 0 Å². The zero-order valence-electron chi connectivity index (χ0n) is 17.5. The molecule has 8 bridgehead atoms. The van der Waals surface area contributed by atoms with E-state index in [1.165, 1.54) is 0 Å². The zero-order chi connectivity index (χ0) is 22.4. The Balaban J connectivity index is 1.59. The van der Waals surface area contributed by atoms with Crippen molar-refractivity contribution in [2.24, 2.45) is 5.73 Å². The number of aromatic amines is 2. The molecule has 158 valence electrons. The van der Waals surface area contributed by atoms with Crippen LogP contribution in [-0.2, 0) is 0 Å². The SMILES string of the molecule is NC(=O)c1ccc(C2=Cc3cc4ccc(cc5nc(cc6ccc(cc2n3)[nH]6)C=C5)[nH]4)cc1. The first-order chi connectivity index (χ1) is 16.1. The fourth-order valence-corrected chi connectivity index (χ4v) is 4.06. The van der Waals surface area contributed by atoms with Gasteiger partial charge in [-0.3, -0.25) is 4.79 Å². The van der Waals surface area contributed by atoms with Crippen LogP contribution in [0.4, 0.5) is 0 Å². The summed E-state index contributed by atoms with van der Waals surface area (Å²) in [5.41, 5.74) is 15.1. The number of carbonyl (C=O) groups is 1. The number of nitrogens with zero attached hydrogens (tertiary/aromatic N) is 2. The molecule has 3 aromatic heterocycles. The third kappa shape index (κ3) is 3.74. The van der Waals surface area contributed by atoms with E-state index in [1.807, 2.05) is 78.9 Å². The summed E-state index contributed by atoms with van der Waals surface area (Å²) in [6.07, 6.45) is 6.06. The molecule has 2 aliphatic rings. The van der Waals surface area contributed by atoms with E-state index in [9.17, 15) is 4.79 Å². The molecule has 6 rings (SSSR count).